The molecule has 0 saturated heterocycles. The van der Waals surface area contributed by atoms with Crippen molar-refractivity contribution >= 4 is 17.6 Å². The van der Waals surface area contributed by atoms with Gasteiger partial charge in [0.05, 0.1) is 6.54 Å². The van der Waals surface area contributed by atoms with E-state index in [2.05, 4.69) is 31.0 Å². The first-order valence-corrected chi connectivity index (χ1v) is 7.92. The Bertz CT molecular complexity index is 631. The fourth-order valence-corrected chi connectivity index (χ4v) is 2.51. The second-order valence-electron chi connectivity index (χ2n) is 5.01. The van der Waals surface area contributed by atoms with Crippen LogP contribution in [-0.4, -0.2) is 23.9 Å². The van der Waals surface area contributed by atoms with Crippen LogP contribution in [0.5, 0.6) is 0 Å². The molecule has 2 aromatic carbocycles. The maximum Gasteiger partial charge on any atom is 0.191 e. The molecule has 3 nitrogen and oxygen atoms in total. The van der Waals surface area contributed by atoms with Crippen molar-refractivity contribution in [1.82, 2.24) is 4.90 Å². The summed E-state index contributed by atoms with van der Waals surface area (Å²) in [6.07, 6.45) is 0. The van der Waals surface area contributed by atoms with E-state index in [0.29, 0.717) is 12.5 Å². The van der Waals surface area contributed by atoms with Crippen LogP contribution in [0.2, 0.25) is 5.02 Å². The Hall–Kier alpha value is -2.00. The molecule has 2 aromatic rings. The SMILES string of the molecule is CCN(CC)C(N)=NCc1ccccc1-c1ccc(Cl)cc1. The van der Waals surface area contributed by atoms with E-state index in [0.717, 1.165) is 34.8 Å². The number of nitrogens with zero attached hydrogens (tertiary/aromatic N) is 2. The molecule has 2 rings (SSSR count). The summed E-state index contributed by atoms with van der Waals surface area (Å²) in [5.74, 6) is 0.593. The zero-order valence-electron chi connectivity index (χ0n) is 13.1. The first-order chi connectivity index (χ1) is 10.7. The normalized spacial score (nSPS) is 11.5. The van der Waals surface area contributed by atoms with E-state index in [1.54, 1.807) is 0 Å². The fraction of sp³-hybridized carbons (Fsp3) is 0.278. The summed E-state index contributed by atoms with van der Waals surface area (Å²) >= 11 is 5.96. The van der Waals surface area contributed by atoms with E-state index in [4.69, 9.17) is 17.3 Å². The van der Waals surface area contributed by atoms with Crippen molar-refractivity contribution in [2.24, 2.45) is 10.7 Å². The first kappa shape index (κ1) is 16.4. The molecule has 0 atom stereocenters. The summed E-state index contributed by atoms with van der Waals surface area (Å²) in [5.41, 5.74) is 9.50. The Labute approximate surface area is 137 Å². The highest BCUT2D eigenvalue weighted by Gasteiger charge is 2.06. The largest absolute Gasteiger partial charge is 0.370 e. The van der Waals surface area contributed by atoms with E-state index in [1.165, 1.54) is 0 Å². The lowest BCUT2D eigenvalue weighted by atomic mass is 10.00. The summed E-state index contributed by atoms with van der Waals surface area (Å²) in [6, 6.07) is 16.1. The third kappa shape index (κ3) is 4.01. The minimum absolute atomic E-state index is 0.571. The molecule has 22 heavy (non-hydrogen) atoms. The van der Waals surface area contributed by atoms with Crippen LogP contribution in [0, 0.1) is 0 Å². The van der Waals surface area contributed by atoms with Crippen LogP contribution in [-0.2, 0) is 6.54 Å². The Kier molecular flexibility index (Phi) is 5.84. The summed E-state index contributed by atoms with van der Waals surface area (Å²) in [4.78, 5) is 6.58. The van der Waals surface area contributed by atoms with Gasteiger partial charge in [-0.2, -0.15) is 0 Å². The number of guanidine groups is 1. The molecular formula is C18H22ClN3. The summed E-state index contributed by atoms with van der Waals surface area (Å²) in [7, 11) is 0. The van der Waals surface area contributed by atoms with Crippen molar-refractivity contribution < 1.29 is 0 Å². The Morgan fingerprint density at radius 3 is 2.32 bits per heavy atom. The molecule has 116 valence electrons. The molecule has 0 amide bonds. The predicted molar refractivity (Wildman–Crippen MR) is 95.1 cm³/mol. The first-order valence-electron chi connectivity index (χ1n) is 7.54. The minimum Gasteiger partial charge on any atom is -0.370 e. The molecule has 4 heteroatoms. The van der Waals surface area contributed by atoms with Gasteiger partial charge in [-0.25, -0.2) is 4.99 Å². The molecule has 0 bridgehead atoms. The van der Waals surface area contributed by atoms with Crippen molar-refractivity contribution in [1.29, 1.82) is 0 Å². The standard InChI is InChI=1S/C18H22ClN3/c1-3-22(4-2)18(20)21-13-15-7-5-6-8-17(15)14-9-11-16(19)12-10-14/h5-12H,3-4,13H2,1-2H3,(H2,20,21). The monoisotopic (exact) mass is 315 g/mol. The quantitative estimate of drug-likeness (QED) is 0.665. The summed E-state index contributed by atoms with van der Waals surface area (Å²) in [6.45, 7) is 6.46. The molecule has 0 aliphatic carbocycles. The minimum atomic E-state index is 0.571. The maximum atomic E-state index is 6.05. The highest BCUT2D eigenvalue weighted by atomic mass is 35.5. The predicted octanol–water partition coefficient (Wildman–Crippen LogP) is 4.16. The van der Waals surface area contributed by atoms with Crippen molar-refractivity contribution in [3.63, 3.8) is 0 Å². The number of aliphatic imine (C=N–C) groups is 1. The number of nitrogens with two attached hydrogens (primary N) is 1. The fourth-order valence-electron chi connectivity index (χ4n) is 2.38. The average molecular weight is 316 g/mol. The number of halogens is 1. The molecule has 0 heterocycles. The van der Waals surface area contributed by atoms with Gasteiger partial charge in [-0.15, -0.1) is 0 Å². The lowest BCUT2D eigenvalue weighted by Crippen LogP contribution is -2.37. The van der Waals surface area contributed by atoms with Crippen LogP contribution in [0.1, 0.15) is 19.4 Å². The van der Waals surface area contributed by atoms with Crippen LogP contribution >= 0.6 is 11.6 Å². The van der Waals surface area contributed by atoms with Gasteiger partial charge in [0, 0.05) is 18.1 Å². The van der Waals surface area contributed by atoms with Crippen molar-refractivity contribution in [2.75, 3.05) is 13.1 Å². The highest BCUT2D eigenvalue weighted by molar-refractivity contribution is 6.30. The van der Waals surface area contributed by atoms with Gasteiger partial charge in [0.15, 0.2) is 5.96 Å². The van der Waals surface area contributed by atoms with E-state index in [-0.39, 0.29) is 0 Å². The zero-order chi connectivity index (χ0) is 15.9. The molecule has 0 aliphatic heterocycles. The van der Waals surface area contributed by atoms with Crippen molar-refractivity contribution in [2.45, 2.75) is 20.4 Å². The molecule has 0 unspecified atom stereocenters. The van der Waals surface area contributed by atoms with Gasteiger partial charge >= 0.3 is 0 Å². The van der Waals surface area contributed by atoms with Crippen molar-refractivity contribution in [3.05, 3.63) is 59.1 Å². The highest BCUT2D eigenvalue weighted by Crippen LogP contribution is 2.25. The second kappa shape index (κ2) is 7.85. The van der Waals surface area contributed by atoms with E-state index >= 15 is 0 Å². The van der Waals surface area contributed by atoms with Crippen LogP contribution in [0.3, 0.4) is 0 Å². The van der Waals surface area contributed by atoms with E-state index in [1.807, 2.05) is 41.3 Å². The Morgan fingerprint density at radius 2 is 1.68 bits per heavy atom. The molecule has 0 radical (unpaired) electrons. The van der Waals surface area contributed by atoms with Gasteiger partial charge < -0.3 is 10.6 Å². The average Bonchev–Trinajstić information content (AvgIpc) is 2.55. The molecule has 0 saturated carbocycles. The maximum absolute atomic E-state index is 6.05. The molecule has 0 aliphatic rings. The molecule has 0 fully saturated rings. The van der Waals surface area contributed by atoms with Gasteiger partial charge in [0.2, 0.25) is 0 Å². The number of hydrogen-bond acceptors (Lipinski definition) is 1. The Morgan fingerprint density at radius 1 is 1.05 bits per heavy atom. The van der Waals surface area contributed by atoms with Gasteiger partial charge in [0.1, 0.15) is 0 Å². The lowest BCUT2D eigenvalue weighted by molar-refractivity contribution is 0.458. The molecule has 2 N–H and O–H groups in total. The van der Waals surface area contributed by atoms with Crippen LogP contribution in [0.15, 0.2) is 53.5 Å². The van der Waals surface area contributed by atoms with Gasteiger partial charge in [-0.3, -0.25) is 0 Å². The second-order valence-corrected chi connectivity index (χ2v) is 5.45. The summed E-state index contributed by atoms with van der Waals surface area (Å²) in [5, 5.41) is 0.741. The smallest absolute Gasteiger partial charge is 0.191 e. The number of hydrogen-bond donors (Lipinski definition) is 1. The van der Waals surface area contributed by atoms with E-state index in [9.17, 15) is 0 Å². The third-order valence-corrected chi connectivity index (χ3v) is 3.92. The number of benzene rings is 2. The third-order valence-electron chi connectivity index (χ3n) is 3.67. The molecule has 0 aromatic heterocycles. The zero-order valence-corrected chi connectivity index (χ0v) is 13.8. The lowest BCUT2D eigenvalue weighted by Gasteiger charge is -2.19. The molecular weight excluding hydrogens is 294 g/mol. The van der Waals surface area contributed by atoms with Crippen LogP contribution in [0.25, 0.3) is 11.1 Å². The van der Waals surface area contributed by atoms with Crippen LogP contribution in [0.4, 0.5) is 0 Å². The Balaban J connectivity index is 2.25. The van der Waals surface area contributed by atoms with Crippen LogP contribution < -0.4 is 5.73 Å². The number of rotatable bonds is 5. The van der Waals surface area contributed by atoms with Gasteiger partial charge in [0.25, 0.3) is 0 Å². The van der Waals surface area contributed by atoms with Gasteiger partial charge in [-0.1, -0.05) is 48.0 Å². The van der Waals surface area contributed by atoms with E-state index < -0.39 is 0 Å². The summed E-state index contributed by atoms with van der Waals surface area (Å²) < 4.78 is 0. The van der Waals surface area contributed by atoms with Gasteiger partial charge in [-0.05, 0) is 42.7 Å². The molecule has 0 spiro atoms. The topological polar surface area (TPSA) is 41.6 Å². The van der Waals surface area contributed by atoms with Crippen molar-refractivity contribution in [3.8, 4) is 11.1 Å².